The molecule has 0 amide bonds. The van der Waals surface area contributed by atoms with Crippen LogP contribution in [0.5, 0.6) is 0 Å². The second kappa shape index (κ2) is 6.40. The largest absolute Gasteiger partial charge is 1.00 e. The summed E-state index contributed by atoms with van der Waals surface area (Å²) in [4.78, 5) is 0. The first kappa shape index (κ1) is 16.7. The zero-order valence-corrected chi connectivity index (χ0v) is 14.9. The van der Waals surface area contributed by atoms with Crippen molar-refractivity contribution in [3.8, 4) is 0 Å². The molecule has 1 aliphatic heterocycles. The van der Waals surface area contributed by atoms with Crippen molar-refractivity contribution in [2.24, 2.45) is 11.8 Å². The van der Waals surface area contributed by atoms with E-state index in [9.17, 15) is 0 Å². The van der Waals surface area contributed by atoms with Gasteiger partial charge in [-0.1, -0.05) is 12.8 Å². The molecule has 1 aliphatic carbocycles. The second-order valence-electron chi connectivity index (χ2n) is 7.88. The highest BCUT2D eigenvalue weighted by Gasteiger charge is 2.42. The van der Waals surface area contributed by atoms with Gasteiger partial charge < -0.3 is 32.9 Å². The molecule has 3 heteroatoms. The highest BCUT2D eigenvalue weighted by atomic mass is 127. The Kier molecular flexibility index (Phi) is 5.94. The van der Waals surface area contributed by atoms with Gasteiger partial charge in [0.1, 0.15) is 0 Å². The smallest absolute Gasteiger partial charge is 0.0839 e. The maximum Gasteiger partial charge on any atom is 0.0839 e. The molecule has 2 rings (SSSR count). The summed E-state index contributed by atoms with van der Waals surface area (Å²) in [6, 6.07) is 0. The fourth-order valence-corrected chi connectivity index (χ4v) is 4.08. The van der Waals surface area contributed by atoms with E-state index >= 15 is 0 Å². The van der Waals surface area contributed by atoms with Gasteiger partial charge in [0.2, 0.25) is 0 Å². The maximum atomic E-state index is 2.51. The molecular formula is C15H32IN2+. The third-order valence-electron chi connectivity index (χ3n) is 4.94. The van der Waals surface area contributed by atoms with E-state index in [0.29, 0.717) is 0 Å². The van der Waals surface area contributed by atoms with Crippen LogP contribution in [0.2, 0.25) is 0 Å². The lowest BCUT2D eigenvalue weighted by Gasteiger charge is -2.32. The van der Waals surface area contributed by atoms with Crippen LogP contribution in [-0.2, 0) is 0 Å². The van der Waals surface area contributed by atoms with Crippen LogP contribution in [0.25, 0.3) is 0 Å². The van der Waals surface area contributed by atoms with E-state index < -0.39 is 0 Å². The van der Waals surface area contributed by atoms with Gasteiger partial charge in [-0.2, -0.15) is 0 Å². The first-order valence-corrected chi connectivity index (χ1v) is 7.52. The highest BCUT2D eigenvalue weighted by molar-refractivity contribution is 4.80. The third kappa shape index (κ3) is 4.64. The molecule has 0 aromatic carbocycles. The van der Waals surface area contributed by atoms with E-state index in [1.165, 1.54) is 62.8 Å². The zero-order chi connectivity index (χ0) is 12.5. The number of hydrogen-bond acceptors (Lipinski definition) is 0. The topological polar surface area (TPSA) is 0 Å². The van der Waals surface area contributed by atoms with Crippen LogP contribution < -0.4 is 24.0 Å². The molecule has 0 aromatic heterocycles. The Morgan fingerprint density at radius 3 is 1.94 bits per heavy atom. The number of quaternary nitrogens is 2. The van der Waals surface area contributed by atoms with Crippen LogP contribution in [-0.4, -0.2) is 63.3 Å². The molecule has 2 nitrogen and oxygen atoms in total. The van der Waals surface area contributed by atoms with Gasteiger partial charge in [0, 0.05) is 18.3 Å². The first-order chi connectivity index (χ1) is 7.88. The van der Waals surface area contributed by atoms with E-state index in [-0.39, 0.29) is 24.0 Å². The van der Waals surface area contributed by atoms with Gasteiger partial charge in [-0.05, 0) is 12.8 Å². The summed E-state index contributed by atoms with van der Waals surface area (Å²) in [5, 5.41) is 0. The average Bonchev–Trinajstić information content (AvgIpc) is 2.51. The SMILES string of the molecule is C[N+](C)(C)CCC[N+]1(C)CC2CCCCC2C1.[I-]. The number of likely N-dealkylation sites (tertiary alicyclic amines) is 1. The predicted octanol–water partition coefficient (Wildman–Crippen LogP) is -0.647. The highest BCUT2D eigenvalue weighted by Crippen LogP contribution is 2.38. The predicted molar refractivity (Wildman–Crippen MR) is 73.7 cm³/mol. The van der Waals surface area contributed by atoms with Crippen molar-refractivity contribution >= 4 is 0 Å². The zero-order valence-electron chi connectivity index (χ0n) is 12.8. The molecule has 108 valence electrons. The van der Waals surface area contributed by atoms with Crippen LogP contribution >= 0.6 is 0 Å². The molecule has 2 fully saturated rings. The van der Waals surface area contributed by atoms with E-state index in [0.717, 1.165) is 16.3 Å². The molecular weight excluding hydrogens is 335 g/mol. The van der Waals surface area contributed by atoms with Crippen molar-refractivity contribution in [1.29, 1.82) is 0 Å². The minimum Gasteiger partial charge on any atom is -1.00 e. The summed E-state index contributed by atoms with van der Waals surface area (Å²) in [6.07, 6.45) is 7.43. The van der Waals surface area contributed by atoms with E-state index in [4.69, 9.17) is 0 Å². The van der Waals surface area contributed by atoms with Gasteiger partial charge in [0.05, 0.1) is 54.4 Å². The molecule has 2 unspecified atom stereocenters. The van der Waals surface area contributed by atoms with Crippen LogP contribution in [0.3, 0.4) is 0 Å². The maximum absolute atomic E-state index is 2.51. The Balaban J connectivity index is 0.00000162. The molecule has 2 aliphatic rings. The van der Waals surface area contributed by atoms with Crippen molar-refractivity contribution in [3.63, 3.8) is 0 Å². The molecule has 2 atom stereocenters. The lowest BCUT2D eigenvalue weighted by Crippen LogP contribution is -3.00. The third-order valence-corrected chi connectivity index (χ3v) is 4.94. The van der Waals surface area contributed by atoms with Gasteiger partial charge in [0.15, 0.2) is 0 Å². The van der Waals surface area contributed by atoms with Crippen molar-refractivity contribution in [2.45, 2.75) is 32.1 Å². The summed E-state index contributed by atoms with van der Waals surface area (Å²) in [5.74, 6) is 2.13. The Bertz CT molecular complexity index is 246. The Morgan fingerprint density at radius 1 is 1.00 bits per heavy atom. The summed E-state index contributed by atoms with van der Waals surface area (Å²) >= 11 is 0. The van der Waals surface area contributed by atoms with Gasteiger partial charge in [-0.15, -0.1) is 0 Å². The molecule has 1 saturated carbocycles. The van der Waals surface area contributed by atoms with Crippen molar-refractivity contribution in [1.82, 2.24) is 0 Å². The number of fused-ring (bicyclic) bond motifs is 1. The molecule has 0 N–H and O–H groups in total. The van der Waals surface area contributed by atoms with E-state index in [1.54, 1.807) is 0 Å². The van der Waals surface area contributed by atoms with E-state index in [2.05, 4.69) is 28.2 Å². The van der Waals surface area contributed by atoms with Gasteiger partial charge in [-0.25, -0.2) is 0 Å². The van der Waals surface area contributed by atoms with Crippen molar-refractivity contribution < 1.29 is 32.9 Å². The molecule has 1 saturated heterocycles. The summed E-state index contributed by atoms with van der Waals surface area (Å²) in [6.45, 7) is 5.68. The number of nitrogens with zero attached hydrogens (tertiary/aromatic N) is 2. The molecule has 0 radical (unpaired) electrons. The number of hydrogen-bond donors (Lipinski definition) is 0. The summed E-state index contributed by atoms with van der Waals surface area (Å²) in [7, 11) is 9.44. The standard InChI is InChI=1S/C15H32N2.HI/c1-16(2,3)10-7-11-17(4)12-14-8-5-6-9-15(14)13-17;/h14-15H,5-13H2,1-4H3;1H/q+2;/p-1. The van der Waals surface area contributed by atoms with Gasteiger partial charge >= 0.3 is 0 Å². The molecule has 0 bridgehead atoms. The monoisotopic (exact) mass is 367 g/mol. The Labute approximate surface area is 131 Å². The molecule has 0 aromatic rings. The Hall–Kier alpha value is 0.650. The van der Waals surface area contributed by atoms with E-state index in [1.807, 2.05) is 0 Å². The minimum atomic E-state index is 0. The second-order valence-corrected chi connectivity index (χ2v) is 7.88. The molecule has 18 heavy (non-hydrogen) atoms. The Morgan fingerprint density at radius 2 is 1.50 bits per heavy atom. The molecule has 1 heterocycles. The fraction of sp³-hybridized carbons (Fsp3) is 1.00. The van der Waals surface area contributed by atoms with Crippen molar-refractivity contribution in [2.75, 3.05) is 54.4 Å². The average molecular weight is 367 g/mol. The van der Waals surface area contributed by atoms with Crippen LogP contribution in [0.15, 0.2) is 0 Å². The first-order valence-electron chi connectivity index (χ1n) is 7.52. The minimum absolute atomic E-state index is 0. The normalized spacial score (nSPS) is 36.0. The van der Waals surface area contributed by atoms with Crippen LogP contribution in [0.1, 0.15) is 32.1 Å². The quantitative estimate of drug-likeness (QED) is 0.458. The van der Waals surface area contributed by atoms with Crippen molar-refractivity contribution in [3.05, 3.63) is 0 Å². The van der Waals surface area contributed by atoms with Crippen LogP contribution in [0, 0.1) is 11.8 Å². The summed E-state index contributed by atoms with van der Waals surface area (Å²) in [5.41, 5.74) is 0. The lowest BCUT2D eigenvalue weighted by atomic mass is 9.82. The number of rotatable bonds is 4. The van der Waals surface area contributed by atoms with Gasteiger partial charge in [0.25, 0.3) is 0 Å². The fourth-order valence-electron chi connectivity index (χ4n) is 4.08. The number of halogens is 1. The van der Waals surface area contributed by atoms with Crippen LogP contribution in [0.4, 0.5) is 0 Å². The lowest BCUT2D eigenvalue weighted by molar-refractivity contribution is -0.909. The van der Waals surface area contributed by atoms with Gasteiger partial charge in [-0.3, -0.25) is 0 Å². The molecule has 0 spiro atoms. The summed E-state index contributed by atoms with van der Waals surface area (Å²) < 4.78 is 2.49.